The van der Waals surface area contributed by atoms with Crippen molar-refractivity contribution in [3.8, 4) is 11.5 Å². The first-order chi connectivity index (χ1) is 29.6. The van der Waals surface area contributed by atoms with Gasteiger partial charge in [0, 0.05) is 37.5 Å². The lowest BCUT2D eigenvalue weighted by Crippen LogP contribution is -2.63. The van der Waals surface area contributed by atoms with Crippen molar-refractivity contribution in [3.05, 3.63) is 72.1 Å². The Morgan fingerprint density at radius 1 is 0.968 bits per heavy atom. The van der Waals surface area contributed by atoms with Crippen LogP contribution in [0.2, 0.25) is 0 Å². The summed E-state index contributed by atoms with van der Waals surface area (Å²) in [4.78, 5) is 34.6. The van der Waals surface area contributed by atoms with Crippen LogP contribution < -0.4 is 9.47 Å². The van der Waals surface area contributed by atoms with E-state index in [1.54, 1.807) is 53.7 Å². The van der Waals surface area contributed by atoms with Gasteiger partial charge in [0.15, 0.2) is 5.69 Å². The van der Waals surface area contributed by atoms with E-state index in [0.29, 0.717) is 49.7 Å². The van der Waals surface area contributed by atoms with Crippen LogP contribution in [-0.2, 0) is 23.8 Å². The fourth-order valence-electron chi connectivity index (χ4n) is 9.23. The summed E-state index contributed by atoms with van der Waals surface area (Å²) < 4.78 is 39.5. The molecule has 1 unspecified atom stereocenters. The number of oxime groups is 1. The molecule has 15 nitrogen and oxygen atoms in total. The Morgan fingerprint density at radius 2 is 1.68 bits per heavy atom. The Balaban J connectivity index is 1.65. The van der Waals surface area contributed by atoms with Gasteiger partial charge in [-0.1, -0.05) is 48.0 Å². The van der Waals surface area contributed by atoms with E-state index >= 15 is 0 Å². The summed E-state index contributed by atoms with van der Waals surface area (Å²) in [5.41, 5.74) is -0.0719. The minimum Gasteiger partial charge on any atom is -0.490 e. The topological polar surface area (TPSA) is 182 Å². The molecular formula is C47H66N4O11. The number of hydrogen-bond donors (Lipinski definition) is 2. The average Bonchev–Trinajstić information content (AvgIpc) is 3.67. The van der Waals surface area contributed by atoms with Gasteiger partial charge in [-0.15, -0.1) is 11.7 Å². The molecule has 340 valence electrons. The van der Waals surface area contributed by atoms with Gasteiger partial charge in [-0.25, -0.2) is 14.3 Å². The third-order valence-electron chi connectivity index (χ3n) is 11.6. The molecule has 1 aromatic heterocycles. The van der Waals surface area contributed by atoms with E-state index in [1.165, 1.54) is 4.68 Å². The van der Waals surface area contributed by atoms with Crippen LogP contribution in [0, 0.1) is 17.8 Å². The molecule has 0 radical (unpaired) electrons. The molecule has 2 aliphatic carbocycles. The molecule has 2 aromatic rings. The number of aliphatic hydroxyl groups is 2. The van der Waals surface area contributed by atoms with E-state index in [4.69, 9.17) is 38.4 Å². The van der Waals surface area contributed by atoms with Crippen molar-refractivity contribution in [2.75, 3.05) is 33.0 Å². The van der Waals surface area contributed by atoms with Crippen molar-refractivity contribution in [1.82, 2.24) is 15.0 Å². The molecule has 15 heteroatoms. The molecule has 2 aliphatic heterocycles. The normalized spacial score (nSPS) is 26.3. The highest BCUT2D eigenvalue weighted by Crippen LogP contribution is 2.63. The maximum absolute atomic E-state index is 14.5. The maximum Gasteiger partial charge on any atom is 0.362 e. The molecule has 3 heterocycles. The zero-order valence-corrected chi connectivity index (χ0v) is 37.3. The first-order valence-corrected chi connectivity index (χ1v) is 22.2. The molecule has 0 bridgehead atoms. The number of hydrogen-bond acceptors (Lipinski definition) is 14. The highest BCUT2D eigenvalue weighted by atomic mass is 16.8. The van der Waals surface area contributed by atoms with E-state index < -0.39 is 47.2 Å². The van der Waals surface area contributed by atoms with E-state index in [9.17, 15) is 19.8 Å². The number of carbonyl (C=O) groups is 2. The van der Waals surface area contributed by atoms with E-state index in [-0.39, 0.29) is 55.4 Å². The lowest BCUT2D eigenvalue weighted by atomic mass is 9.55. The number of rotatable bonds is 19. The number of aliphatic hydroxyl groups excluding tert-OH is 2. The third kappa shape index (κ3) is 10.6. The largest absolute Gasteiger partial charge is 0.490 e. The highest BCUT2D eigenvalue weighted by Gasteiger charge is 2.65. The Bertz CT molecular complexity index is 1960. The highest BCUT2D eigenvalue weighted by molar-refractivity contribution is 6.03. The van der Waals surface area contributed by atoms with Crippen molar-refractivity contribution in [2.45, 2.75) is 141 Å². The van der Waals surface area contributed by atoms with Gasteiger partial charge in [-0.2, -0.15) is 0 Å². The third-order valence-corrected chi connectivity index (χ3v) is 11.6. The van der Waals surface area contributed by atoms with Gasteiger partial charge in [-0.05, 0) is 116 Å². The number of aromatic nitrogens is 3. The molecule has 0 spiro atoms. The average molecular weight is 863 g/mol. The van der Waals surface area contributed by atoms with E-state index in [2.05, 4.69) is 29.5 Å². The van der Waals surface area contributed by atoms with Gasteiger partial charge in [0.1, 0.15) is 35.3 Å². The molecule has 6 rings (SSSR count). The van der Waals surface area contributed by atoms with Crippen LogP contribution in [0.25, 0.3) is 0 Å². The number of esters is 2. The van der Waals surface area contributed by atoms with Crippen molar-refractivity contribution in [2.24, 2.45) is 22.9 Å². The van der Waals surface area contributed by atoms with Crippen LogP contribution in [0.15, 0.2) is 60.3 Å². The molecule has 1 aromatic carbocycles. The first kappa shape index (κ1) is 46.9. The molecule has 4 aliphatic rings. The number of nitrogens with zero attached hydrogens (tertiary/aromatic N) is 4. The summed E-state index contributed by atoms with van der Waals surface area (Å²) in [5.74, 6) is -3.00. The number of benzene rings is 1. The lowest BCUT2D eigenvalue weighted by Gasteiger charge is -2.58. The number of allylic oxidation sites excluding steroid dienone is 1. The van der Waals surface area contributed by atoms with Crippen LogP contribution in [0.4, 0.5) is 0 Å². The fraction of sp³-hybridized carbons (Fsp3) is 0.638. The lowest BCUT2D eigenvalue weighted by molar-refractivity contribution is -0.252. The fourth-order valence-corrected chi connectivity index (χ4v) is 9.23. The summed E-state index contributed by atoms with van der Waals surface area (Å²) in [5, 5.41) is 33.6. The number of unbranched alkanes of at least 4 members (excludes halogenated alkanes) is 2. The van der Waals surface area contributed by atoms with Crippen molar-refractivity contribution < 1.29 is 53.1 Å². The van der Waals surface area contributed by atoms with Crippen molar-refractivity contribution in [1.29, 1.82) is 0 Å². The predicted octanol–water partition coefficient (Wildman–Crippen LogP) is 7.79. The summed E-state index contributed by atoms with van der Waals surface area (Å²) in [7, 11) is 0. The molecule has 62 heavy (non-hydrogen) atoms. The van der Waals surface area contributed by atoms with Crippen LogP contribution in [0.3, 0.4) is 0 Å². The Hall–Kier alpha value is -4.57. The predicted molar refractivity (Wildman–Crippen MR) is 231 cm³/mol. The van der Waals surface area contributed by atoms with Crippen LogP contribution in [-0.4, -0.2) is 99.2 Å². The molecule has 2 fully saturated rings. The number of ether oxygens (including phenoxy) is 6. The maximum atomic E-state index is 14.5. The van der Waals surface area contributed by atoms with Crippen molar-refractivity contribution in [3.63, 3.8) is 0 Å². The smallest absolute Gasteiger partial charge is 0.362 e. The Kier molecular flexibility index (Phi) is 15.4. The summed E-state index contributed by atoms with van der Waals surface area (Å²) in [6, 6.07) is 4.73. The zero-order valence-electron chi connectivity index (χ0n) is 37.3. The second kappa shape index (κ2) is 20.3. The second-order valence-corrected chi connectivity index (χ2v) is 18.5. The van der Waals surface area contributed by atoms with Crippen LogP contribution in [0.1, 0.15) is 144 Å². The minimum atomic E-state index is -1.61. The SMILES string of the molecule is C=CCOc1ccc2c(c1)[C@H]1[C@H](CCCCO)[C@@H](CCCCO)C=C3C(=NOC4CCCCO4)C[C@H](n4nnc(C(=O)OC(C)(C)C)c4C(=O)OC(C)(C)C)[C@@](OCC=C)(O2)[C@H]31. The standard InChI is InChI=1S/C47H66N4O11/c1-9-24-56-31-20-21-36-34(28-31)39-32(18-12-15-23-53)30(17-11-14-22-52)27-33-35(49-62-38-19-13-16-26-57-38)29-37(47(59-36,40(33)39)58-25-10-2)51-42(44(55)61-46(6,7)8)41(48-50-51)43(54)60-45(3,4)5/h9-10,20-21,27-28,30,32,37-40,52-53H,1-2,11-19,22-26,29H2,3-8H3/t30-,32+,37-,38?,39+,40+,47+/m0/s1. The van der Waals surface area contributed by atoms with Gasteiger partial charge < -0.3 is 43.5 Å². The molecular weight excluding hydrogens is 797 g/mol. The molecule has 1 saturated heterocycles. The summed E-state index contributed by atoms with van der Waals surface area (Å²) in [6.07, 6.45) is 12.0. The van der Waals surface area contributed by atoms with Gasteiger partial charge in [0.05, 0.1) is 24.8 Å². The molecule has 2 N–H and O–H groups in total. The monoisotopic (exact) mass is 862 g/mol. The second-order valence-electron chi connectivity index (χ2n) is 18.5. The van der Waals surface area contributed by atoms with Gasteiger partial charge in [-0.3, -0.25) is 0 Å². The first-order valence-electron chi connectivity index (χ1n) is 22.2. The van der Waals surface area contributed by atoms with Gasteiger partial charge >= 0.3 is 11.9 Å². The quantitative estimate of drug-likeness (QED) is 0.0605. The van der Waals surface area contributed by atoms with E-state index in [1.807, 2.05) is 18.2 Å². The summed E-state index contributed by atoms with van der Waals surface area (Å²) in [6.45, 7) is 19.3. The van der Waals surface area contributed by atoms with Gasteiger partial charge in [0.25, 0.3) is 0 Å². The van der Waals surface area contributed by atoms with Crippen LogP contribution in [0.5, 0.6) is 11.5 Å². The Morgan fingerprint density at radius 3 is 2.34 bits per heavy atom. The molecule has 1 saturated carbocycles. The molecule has 0 amide bonds. The van der Waals surface area contributed by atoms with Gasteiger partial charge in [0.2, 0.25) is 17.8 Å². The summed E-state index contributed by atoms with van der Waals surface area (Å²) >= 11 is 0. The minimum absolute atomic E-state index is 0.0148. The van der Waals surface area contributed by atoms with E-state index in [0.717, 1.165) is 49.7 Å². The number of fused-ring (bicyclic) bond motifs is 2. The Labute approximate surface area is 365 Å². The number of carbonyl (C=O) groups excluding carboxylic acids is 2. The van der Waals surface area contributed by atoms with Crippen molar-refractivity contribution >= 4 is 17.7 Å². The zero-order chi connectivity index (χ0) is 44.7. The van der Waals surface area contributed by atoms with Crippen LogP contribution >= 0.6 is 0 Å². The molecule has 7 atom stereocenters.